The van der Waals surface area contributed by atoms with Gasteiger partial charge < -0.3 is 4.43 Å². The summed E-state index contributed by atoms with van der Waals surface area (Å²) in [6.07, 6.45) is 25.0. The highest BCUT2D eigenvalue weighted by atomic mass is 28.2. The smallest absolute Gasteiger partial charge is 0.146 e. The molecule has 0 bridgehead atoms. The Morgan fingerprint density at radius 2 is 0.909 bits per heavy atom. The maximum atomic E-state index is 5.41. The summed E-state index contributed by atoms with van der Waals surface area (Å²) in [4.78, 5) is 0. The summed E-state index contributed by atoms with van der Waals surface area (Å²) in [7, 11) is 0.894. The first kappa shape index (κ1) is 22.2. The molecule has 22 heavy (non-hydrogen) atoms. The van der Waals surface area contributed by atoms with Gasteiger partial charge in [0.2, 0.25) is 0 Å². The third-order valence-corrected chi connectivity index (χ3v) is 5.67. The van der Waals surface area contributed by atoms with Gasteiger partial charge in [0.15, 0.2) is 0 Å². The zero-order chi connectivity index (χ0) is 16.3. The summed E-state index contributed by atoms with van der Waals surface area (Å²) in [6, 6.07) is 0. The Labute approximate surface area is 144 Å². The van der Waals surface area contributed by atoms with Gasteiger partial charge in [-0.25, -0.2) is 0 Å². The van der Waals surface area contributed by atoms with Gasteiger partial charge in [-0.05, 0) is 13.3 Å². The first-order valence-electron chi connectivity index (χ1n) is 10.3. The van der Waals surface area contributed by atoms with E-state index < -0.39 is 0 Å². The average molecular weight is 329 g/mol. The van der Waals surface area contributed by atoms with Crippen LogP contribution in [0.1, 0.15) is 123 Å². The highest BCUT2D eigenvalue weighted by Gasteiger charge is 1.98. The van der Waals surface area contributed by atoms with Gasteiger partial charge in [0.05, 0.1) is 0 Å². The molecule has 1 nitrogen and oxygen atoms in total. The monoisotopic (exact) mass is 328 g/mol. The van der Waals surface area contributed by atoms with Gasteiger partial charge in [-0.2, -0.15) is 0 Å². The molecule has 0 saturated heterocycles. The molecule has 0 radical (unpaired) electrons. The summed E-state index contributed by atoms with van der Waals surface area (Å²) in [5.74, 6) is 0. The van der Waals surface area contributed by atoms with Crippen LogP contribution in [0.3, 0.4) is 0 Å². The first-order valence-corrected chi connectivity index (χ1v) is 11.2. The van der Waals surface area contributed by atoms with Crippen molar-refractivity contribution in [2.24, 2.45) is 0 Å². The van der Waals surface area contributed by atoms with Gasteiger partial charge in [0.1, 0.15) is 10.5 Å². The van der Waals surface area contributed by atoms with Crippen molar-refractivity contribution >= 4 is 10.5 Å². The van der Waals surface area contributed by atoms with Gasteiger partial charge in [-0.3, -0.25) is 0 Å². The van der Waals surface area contributed by atoms with Crippen molar-refractivity contribution in [3.63, 3.8) is 0 Å². The molecule has 0 rings (SSSR count). The summed E-state index contributed by atoms with van der Waals surface area (Å²) in [5.41, 5.74) is 0. The van der Waals surface area contributed by atoms with E-state index in [-0.39, 0.29) is 0 Å². The molecule has 0 aliphatic carbocycles. The van der Waals surface area contributed by atoms with E-state index in [4.69, 9.17) is 4.43 Å². The molecule has 0 N–H and O–H groups in total. The van der Waals surface area contributed by atoms with Crippen molar-refractivity contribution in [2.45, 2.75) is 129 Å². The Balaban J connectivity index is 2.97. The molecule has 0 heterocycles. The van der Waals surface area contributed by atoms with E-state index >= 15 is 0 Å². The Hall–Kier alpha value is 0.177. The number of hydrogen-bond donors (Lipinski definition) is 0. The summed E-state index contributed by atoms with van der Waals surface area (Å²) in [5, 5.41) is 0. The van der Waals surface area contributed by atoms with Crippen molar-refractivity contribution in [1.82, 2.24) is 0 Å². The molecule has 1 unspecified atom stereocenters. The Kier molecular flexibility index (Phi) is 19.4. The average Bonchev–Trinajstić information content (AvgIpc) is 2.54. The first-order chi connectivity index (χ1) is 10.8. The normalized spacial score (nSPS) is 12.8. The molecule has 0 aliphatic rings. The quantitative estimate of drug-likeness (QED) is 0.211. The zero-order valence-corrected chi connectivity index (χ0v) is 18.0. The number of rotatable bonds is 18. The molecule has 2 heteroatoms. The lowest BCUT2D eigenvalue weighted by molar-refractivity contribution is 0.226. The van der Waals surface area contributed by atoms with Crippen LogP contribution in [0.2, 0.25) is 0 Å². The van der Waals surface area contributed by atoms with E-state index in [2.05, 4.69) is 13.8 Å². The van der Waals surface area contributed by atoms with E-state index in [1.54, 1.807) is 0 Å². The van der Waals surface area contributed by atoms with Crippen LogP contribution in [0.4, 0.5) is 0 Å². The van der Waals surface area contributed by atoms with E-state index in [1.165, 1.54) is 109 Å². The van der Waals surface area contributed by atoms with Crippen LogP contribution in [0.25, 0.3) is 0 Å². The molecule has 0 fully saturated rings. The van der Waals surface area contributed by atoms with E-state index in [0.29, 0.717) is 6.10 Å². The highest BCUT2D eigenvalue weighted by Crippen LogP contribution is 2.14. The van der Waals surface area contributed by atoms with Crippen LogP contribution in [0.15, 0.2) is 0 Å². The molecule has 0 saturated carbocycles. The van der Waals surface area contributed by atoms with E-state index in [9.17, 15) is 0 Å². The second kappa shape index (κ2) is 19.2. The second-order valence-electron chi connectivity index (χ2n) is 7.14. The van der Waals surface area contributed by atoms with Crippen LogP contribution in [0.5, 0.6) is 0 Å². The molecule has 0 amide bonds. The summed E-state index contributed by atoms with van der Waals surface area (Å²) in [6.45, 7) is 4.50. The van der Waals surface area contributed by atoms with Gasteiger partial charge in [0, 0.05) is 6.10 Å². The molecule has 0 aromatic rings. The van der Waals surface area contributed by atoms with Crippen molar-refractivity contribution in [3.8, 4) is 0 Å². The van der Waals surface area contributed by atoms with Crippen LogP contribution >= 0.6 is 0 Å². The molecule has 1 atom stereocenters. The minimum atomic E-state index is 0.512. The molecule has 0 spiro atoms. The minimum absolute atomic E-state index is 0.512. The molecule has 0 aliphatic heterocycles. The number of unbranched alkanes of at least 4 members (excludes halogenated alkanes) is 15. The van der Waals surface area contributed by atoms with Crippen molar-refractivity contribution in [1.29, 1.82) is 0 Å². The molecule has 134 valence electrons. The maximum absolute atomic E-state index is 5.41. The van der Waals surface area contributed by atoms with Crippen molar-refractivity contribution in [2.75, 3.05) is 0 Å². The van der Waals surface area contributed by atoms with Crippen LogP contribution in [0, 0.1) is 0 Å². The Bertz CT molecular complexity index is 196. The van der Waals surface area contributed by atoms with E-state index in [1.807, 2.05) is 0 Å². The van der Waals surface area contributed by atoms with Crippen LogP contribution in [-0.4, -0.2) is 16.6 Å². The van der Waals surface area contributed by atoms with E-state index in [0.717, 1.165) is 10.5 Å². The summed E-state index contributed by atoms with van der Waals surface area (Å²) < 4.78 is 5.41. The van der Waals surface area contributed by atoms with Crippen LogP contribution < -0.4 is 0 Å². The zero-order valence-electron chi connectivity index (χ0n) is 16.0. The highest BCUT2D eigenvalue weighted by molar-refractivity contribution is 5.98. The topological polar surface area (TPSA) is 9.23 Å². The van der Waals surface area contributed by atoms with Gasteiger partial charge in [-0.1, -0.05) is 110 Å². The fourth-order valence-corrected chi connectivity index (χ4v) is 3.33. The molecular formula is C20H44OSi. The largest absolute Gasteiger partial charge is 0.425 e. The SMILES string of the molecule is CCCCCCCCCCCCCCCCCCC(C)O[SiH3]. The Morgan fingerprint density at radius 1 is 0.591 bits per heavy atom. The van der Waals surface area contributed by atoms with Gasteiger partial charge in [0.25, 0.3) is 0 Å². The Morgan fingerprint density at radius 3 is 1.23 bits per heavy atom. The molecule has 0 aromatic carbocycles. The minimum Gasteiger partial charge on any atom is -0.425 e. The van der Waals surface area contributed by atoms with Crippen molar-refractivity contribution < 1.29 is 4.43 Å². The lowest BCUT2D eigenvalue weighted by atomic mass is 10.0. The fraction of sp³-hybridized carbons (Fsp3) is 1.00. The van der Waals surface area contributed by atoms with Crippen LogP contribution in [-0.2, 0) is 4.43 Å². The van der Waals surface area contributed by atoms with Gasteiger partial charge >= 0.3 is 0 Å². The summed E-state index contributed by atoms with van der Waals surface area (Å²) >= 11 is 0. The maximum Gasteiger partial charge on any atom is 0.146 e. The second-order valence-corrected chi connectivity index (χ2v) is 7.61. The van der Waals surface area contributed by atoms with Crippen molar-refractivity contribution in [3.05, 3.63) is 0 Å². The third-order valence-electron chi connectivity index (χ3n) is 4.87. The predicted molar refractivity (Wildman–Crippen MR) is 105 cm³/mol. The predicted octanol–water partition coefficient (Wildman–Crippen LogP) is 6.32. The molecular weight excluding hydrogens is 284 g/mol. The fourth-order valence-electron chi connectivity index (χ4n) is 3.10. The lowest BCUT2D eigenvalue weighted by Gasteiger charge is -2.09. The molecule has 0 aromatic heterocycles. The number of hydrogen-bond acceptors (Lipinski definition) is 1. The third kappa shape index (κ3) is 18.2. The standard InChI is InChI=1S/C20H44OSi/c1-3-4-5-6-7-8-9-10-11-12-13-14-15-16-17-18-19-20(2)21-22/h20H,3-19H2,1-2,22H3. The lowest BCUT2D eigenvalue weighted by Crippen LogP contribution is -2.04. The van der Waals surface area contributed by atoms with Gasteiger partial charge in [-0.15, -0.1) is 0 Å².